The molecule has 4 rings (SSSR count). The molecule has 2 N–H and O–H groups in total. The molecular formula is C22H21N3O5. The highest BCUT2D eigenvalue weighted by Crippen LogP contribution is 2.22. The lowest BCUT2D eigenvalue weighted by molar-refractivity contribution is -0.122. The minimum absolute atomic E-state index is 0.0381. The van der Waals surface area contributed by atoms with Crippen molar-refractivity contribution in [3.63, 3.8) is 0 Å². The van der Waals surface area contributed by atoms with Crippen LogP contribution in [0.25, 0.3) is 0 Å². The highest BCUT2D eigenvalue weighted by atomic mass is 16.3. The molecule has 0 aliphatic carbocycles. The van der Waals surface area contributed by atoms with E-state index in [2.05, 4.69) is 5.32 Å². The van der Waals surface area contributed by atoms with Crippen LogP contribution in [-0.2, 0) is 4.79 Å². The van der Waals surface area contributed by atoms with Crippen LogP contribution in [0.4, 0.5) is 0 Å². The summed E-state index contributed by atoms with van der Waals surface area (Å²) in [5, 5.41) is 12.4. The average Bonchev–Trinajstić information content (AvgIpc) is 2.99. The first-order chi connectivity index (χ1) is 14.4. The van der Waals surface area contributed by atoms with E-state index in [1.807, 2.05) is 0 Å². The van der Waals surface area contributed by atoms with Gasteiger partial charge in [-0.05, 0) is 43.2 Å². The molecule has 2 aliphatic rings. The lowest BCUT2D eigenvalue weighted by Gasteiger charge is -2.32. The maximum atomic E-state index is 12.5. The SMILES string of the molecule is O=C(CN1C(=O)c2ccccc2C1=O)NC1CCN(C(=O)c2cccc(O)c2)CC1. The van der Waals surface area contributed by atoms with Gasteiger partial charge in [-0.3, -0.25) is 24.1 Å². The predicted molar refractivity (Wildman–Crippen MR) is 107 cm³/mol. The summed E-state index contributed by atoms with van der Waals surface area (Å²) in [7, 11) is 0. The summed E-state index contributed by atoms with van der Waals surface area (Å²) in [5.74, 6) is -1.45. The maximum Gasteiger partial charge on any atom is 0.262 e. The highest BCUT2D eigenvalue weighted by molar-refractivity contribution is 6.22. The van der Waals surface area contributed by atoms with Crippen LogP contribution in [0, 0.1) is 0 Å². The van der Waals surface area contributed by atoms with Gasteiger partial charge in [-0.2, -0.15) is 0 Å². The number of amides is 4. The van der Waals surface area contributed by atoms with Crippen molar-refractivity contribution < 1.29 is 24.3 Å². The van der Waals surface area contributed by atoms with Gasteiger partial charge in [-0.25, -0.2) is 0 Å². The third-order valence-electron chi connectivity index (χ3n) is 5.42. The van der Waals surface area contributed by atoms with E-state index >= 15 is 0 Å². The molecule has 8 nitrogen and oxygen atoms in total. The number of hydrogen-bond donors (Lipinski definition) is 2. The Morgan fingerprint density at radius 3 is 2.20 bits per heavy atom. The Hall–Kier alpha value is -3.68. The summed E-state index contributed by atoms with van der Waals surface area (Å²) in [6.45, 7) is 0.605. The molecule has 2 heterocycles. The summed E-state index contributed by atoms with van der Waals surface area (Å²) < 4.78 is 0. The van der Waals surface area contributed by atoms with Gasteiger partial charge in [-0.1, -0.05) is 18.2 Å². The van der Waals surface area contributed by atoms with Gasteiger partial charge in [0.25, 0.3) is 17.7 Å². The molecule has 0 saturated carbocycles. The number of piperidine rings is 1. The number of benzene rings is 2. The first kappa shape index (κ1) is 19.6. The van der Waals surface area contributed by atoms with Gasteiger partial charge in [0.2, 0.25) is 5.91 Å². The molecule has 2 aliphatic heterocycles. The third-order valence-corrected chi connectivity index (χ3v) is 5.42. The van der Waals surface area contributed by atoms with E-state index < -0.39 is 17.7 Å². The first-order valence-corrected chi connectivity index (χ1v) is 9.77. The Morgan fingerprint density at radius 2 is 1.60 bits per heavy atom. The second-order valence-corrected chi connectivity index (χ2v) is 7.43. The minimum Gasteiger partial charge on any atom is -0.508 e. The van der Waals surface area contributed by atoms with Crippen molar-refractivity contribution in [1.29, 1.82) is 0 Å². The zero-order chi connectivity index (χ0) is 21.3. The van der Waals surface area contributed by atoms with Crippen LogP contribution in [0.1, 0.15) is 43.9 Å². The van der Waals surface area contributed by atoms with E-state index in [0.717, 1.165) is 4.90 Å². The van der Waals surface area contributed by atoms with Gasteiger partial charge in [0.15, 0.2) is 0 Å². The Bertz CT molecular complexity index is 992. The summed E-state index contributed by atoms with van der Waals surface area (Å²) in [6, 6.07) is 12.6. The molecule has 0 spiro atoms. The van der Waals surface area contributed by atoms with Crippen molar-refractivity contribution >= 4 is 23.6 Å². The Morgan fingerprint density at radius 1 is 0.967 bits per heavy atom. The van der Waals surface area contributed by atoms with Gasteiger partial charge >= 0.3 is 0 Å². The van der Waals surface area contributed by atoms with Gasteiger partial charge in [0.05, 0.1) is 11.1 Å². The molecule has 4 amide bonds. The van der Waals surface area contributed by atoms with Crippen molar-refractivity contribution in [1.82, 2.24) is 15.1 Å². The number of phenols is 1. The number of rotatable bonds is 4. The monoisotopic (exact) mass is 407 g/mol. The van der Waals surface area contributed by atoms with E-state index in [9.17, 15) is 24.3 Å². The number of phenolic OH excluding ortho intramolecular Hbond substituents is 1. The average molecular weight is 407 g/mol. The highest BCUT2D eigenvalue weighted by Gasteiger charge is 2.36. The first-order valence-electron chi connectivity index (χ1n) is 9.77. The molecule has 1 saturated heterocycles. The molecule has 0 atom stereocenters. The van der Waals surface area contributed by atoms with Crippen LogP contribution in [0.2, 0.25) is 0 Å². The van der Waals surface area contributed by atoms with Crippen molar-refractivity contribution in [2.45, 2.75) is 18.9 Å². The van der Waals surface area contributed by atoms with Crippen LogP contribution in [0.3, 0.4) is 0 Å². The number of imide groups is 1. The molecule has 30 heavy (non-hydrogen) atoms. The lowest BCUT2D eigenvalue weighted by atomic mass is 10.0. The van der Waals surface area contributed by atoms with Crippen molar-refractivity contribution in [3.05, 3.63) is 65.2 Å². The number of fused-ring (bicyclic) bond motifs is 1. The smallest absolute Gasteiger partial charge is 0.262 e. The lowest BCUT2D eigenvalue weighted by Crippen LogP contribution is -2.49. The van der Waals surface area contributed by atoms with Crippen LogP contribution in [-0.4, -0.2) is 64.2 Å². The number of nitrogens with one attached hydrogen (secondary N) is 1. The number of likely N-dealkylation sites (tertiary alicyclic amines) is 1. The van der Waals surface area contributed by atoms with Crippen molar-refractivity contribution in [3.8, 4) is 5.75 Å². The standard InChI is InChI=1S/C22H21N3O5/c26-16-5-3-4-14(12-16)20(28)24-10-8-15(9-11-24)23-19(27)13-25-21(29)17-6-1-2-7-18(17)22(25)30/h1-7,12,15,26H,8-11,13H2,(H,23,27). The van der Waals surface area contributed by atoms with E-state index in [0.29, 0.717) is 42.6 Å². The largest absolute Gasteiger partial charge is 0.508 e. The molecule has 0 aromatic heterocycles. The van der Waals surface area contributed by atoms with E-state index in [-0.39, 0.29) is 24.2 Å². The molecule has 2 aromatic rings. The second-order valence-electron chi connectivity index (χ2n) is 7.43. The topological polar surface area (TPSA) is 107 Å². The maximum absolute atomic E-state index is 12.5. The Labute approximate surface area is 173 Å². The number of carbonyl (C=O) groups is 4. The third kappa shape index (κ3) is 3.76. The fourth-order valence-electron chi connectivity index (χ4n) is 3.85. The van der Waals surface area contributed by atoms with Crippen LogP contribution in [0.15, 0.2) is 48.5 Å². The predicted octanol–water partition coefficient (Wildman–Crippen LogP) is 1.41. The fourth-order valence-corrected chi connectivity index (χ4v) is 3.85. The number of aromatic hydroxyl groups is 1. The second kappa shape index (κ2) is 7.98. The number of hydrogen-bond acceptors (Lipinski definition) is 5. The van der Waals surface area contributed by atoms with Crippen LogP contribution >= 0.6 is 0 Å². The zero-order valence-corrected chi connectivity index (χ0v) is 16.2. The molecule has 0 unspecified atom stereocenters. The quantitative estimate of drug-likeness (QED) is 0.746. The number of nitrogens with zero attached hydrogens (tertiary/aromatic N) is 2. The molecule has 0 bridgehead atoms. The van der Waals surface area contributed by atoms with E-state index in [1.165, 1.54) is 12.1 Å². The zero-order valence-electron chi connectivity index (χ0n) is 16.2. The summed E-state index contributed by atoms with van der Waals surface area (Å²) >= 11 is 0. The molecule has 154 valence electrons. The molecule has 0 radical (unpaired) electrons. The Balaban J connectivity index is 1.29. The summed E-state index contributed by atoms with van der Waals surface area (Å²) in [5.41, 5.74) is 1.05. The van der Waals surface area contributed by atoms with Gasteiger partial charge in [0, 0.05) is 24.7 Å². The molecule has 1 fully saturated rings. The van der Waals surface area contributed by atoms with E-state index in [4.69, 9.17) is 0 Å². The minimum atomic E-state index is -0.461. The van der Waals surface area contributed by atoms with Crippen LogP contribution < -0.4 is 5.32 Å². The Kier molecular flexibility index (Phi) is 5.22. The fraction of sp³-hybridized carbons (Fsp3) is 0.273. The van der Waals surface area contributed by atoms with E-state index in [1.54, 1.807) is 41.3 Å². The van der Waals surface area contributed by atoms with Gasteiger partial charge in [0.1, 0.15) is 12.3 Å². The van der Waals surface area contributed by atoms with Crippen LogP contribution in [0.5, 0.6) is 5.75 Å². The molecule has 8 heteroatoms. The molecular weight excluding hydrogens is 386 g/mol. The van der Waals surface area contributed by atoms with Gasteiger partial charge < -0.3 is 15.3 Å². The normalized spacial score (nSPS) is 16.5. The van der Waals surface area contributed by atoms with Crippen molar-refractivity contribution in [2.24, 2.45) is 0 Å². The van der Waals surface area contributed by atoms with Gasteiger partial charge in [-0.15, -0.1) is 0 Å². The number of carbonyl (C=O) groups excluding carboxylic acids is 4. The summed E-state index contributed by atoms with van der Waals surface area (Å²) in [6.07, 6.45) is 1.14. The summed E-state index contributed by atoms with van der Waals surface area (Å²) in [4.78, 5) is 52.3. The van der Waals surface area contributed by atoms with Crippen molar-refractivity contribution in [2.75, 3.05) is 19.6 Å². The molecule has 2 aromatic carbocycles.